The molecule has 1 aromatic heterocycles. The summed E-state index contributed by atoms with van der Waals surface area (Å²) in [5.74, 6) is -1.45. The zero-order chi connectivity index (χ0) is 22.6. The van der Waals surface area contributed by atoms with E-state index in [1.54, 1.807) is 5.38 Å². The third kappa shape index (κ3) is 5.45. The molecule has 9 nitrogen and oxygen atoms in total. The number of anilines is 1. The standard InChI is InChI=1S/C20H19N3O6S2/c1-12(18(24)23-20-22-16(11-30-20)13-6-4-3-5-7-13)29-19(25)15-10-14(31(21,26)27)8-9-17(15)28-2/h3-12H,1-2H3,(H2,21,26,27)(H,22,23,24). The maximum atomic E-state index is 12.5. The van der Waals surface area contributed by atoms with Crippen molar-refractivity contribution in [3.63, 3.8) is 0 Å². The van der Waals surface area contributed by atoms with Crippen LogP contribution in [0.15, 0.2) is 58.8 Å². The van der Waals surface area contributed by atoms with E-state index in [0.29, 0.717) is 10.8 Å². The van der Waals surface area contributed by atoms with Crippen LogP contribution in [0.25, 0.3) is 11.3 Å². The van der Waals surface area contributed by atoms with Crippen molar-refractivity contribution >= 4 is 38.4 Å². The number of esters is 1. The number of ether oxygens (including phenoxy) is 2. The van der Waals surface area contributed by atoms with Gasteiger partial charge in [-0.2, -0.15) is 0 Å². The van der Waals surface area contributed by atoms with E-state index in [2.05, 4.69) is 10.3 Å². The van der Waals surface area contributed by atoms with Crippen molar-refractivity contribution in [1.29, 1.82) is 0 Å². The number of benzene rings is 2. The second-order valence-corrected chi connectivity index (χ2v) is 8.77. The molecule has 0 fully saturated rings. The molecule has 3 rings (SSSR count). The van der Waals surface area contributed by atoms with Gasteiger partial charge in [0.15, 0.2) is 11.2 Å². The van der Waals surface area contributed by atoms with E-state index < -0.39 is 28.0 Å². The highest BCUT2D eigenvalue weighted by molar-refractivity contribution is 7.89. The average molecular weight is 462 g/mol. The zero-order valence-corrected chi connectivity index (χ0v) is 18.2. The summed E-state index contributed by atoms with van der Waals surface area (Å²) in [6.07, 6.45) is -1.18. The number of nitrogens with zero attached hydrogens (tertiary/aromatic N) is 1. The summed E-state index contributed by atoms with van der Waals surface area (Å²) in [6.45, 7) is 1.38. The summed E-state index contributed by atoms with van der Waals surface area (Å²) in [5.41, 5.74) is 1.44. The number of hydrogen-bond donors (Lipinski definition) is 2. The van der Waals surface area contributed by atoms with E-state index in [4.69, 9.17) is 14.6 Å². The number of carbonyl (C=O) groups is 2. The Morgan fingerprint density at radius 3 is 2.52 bits per heavy atom. The lowest BCUT2D eigenvalue weighted by atomic mass is 10.2. The van der Waals surface area contributed by atoms with Gasteiger partial charge >= 0.3 is 5.97 Å². The molecule has 0 saturated carbocycles. The maximum Gasteiger partial charge on any atom is 0.342 e. The van der Waals surface area contributed by atoms with Gasteiger partial charge in [0.05, 0.1) is 17.7 Å². The fourth-order valence-corrected chi connectivity index (χ4v) is 3.84. The predicted molar refractivity (Wildman–Crippen MR) is 115 cm³/mol. The molecule has 11 heteroatoms. The number of sulfonamides is 1. The number of nitrogens with two attached hydrogens (primary N) is 1. The van der Waals surface area contributed by atoms with E-state index in [1.807, 2.05) is 30.3 Å². The predicted octanol–water partition coefficient (Wildman–Crippen LogP) is 2.65. The summed E-state index contributed by atoms with van der Waals surface area (Å²) in [5, 5.41) is 9.85. The Kier molecular flexibility index (Phi) is 6.68. The molecule has 3 N–H and O–H groups in total. The first-order valence-electron chi connectivity index (χ1n) is 8.92. The molecule has 1 amide bonds. The molecule has 0 spiro atoms. The number of hydrogen-bond acceptors (Lipinski definition) is 8. The van der Waals surface area contributed by atoms with Crippen LogP contribution < -0.4 is 15.2 Å². The van der Waals surface area contributed by atoms with E-state index in [1.165, 1.54) is 37.5 Å². The Balaban J connectivity index is 1.70. The molecule has 0 aliphatic rings. The van der Waals surface area contributed by atoms with Gasteiger partial charge in [-0.05, 0) is 25.1 Å². The van der Waals surface area contributed by atoms with Crippen LogP contribution >= 0.6 is 11.3 Å². The van der Waals surface area contributed by atoms with Gasteiger partial charge in [-0.15, -0.1) is 11.3 Å². The summed E-state index contributed by atoms with van der Waals surface area (Å²) in [4.78, 5) is 29.0. The maximum absolute atomic E-state index is 12.5. The Hall–Kier alpha value is -3.28. The van der Waals surface area contributed by atoms with Crippen molar-refractivity contribution in [3.8, 4) is 17.0 Å². The van der Waals surface area contributed by atoms with Crippen LogP contribution in [0.2, 0.25) is 0 Å². The Bertz CT molecular complexity index is 1210. The first kappa shape index (κ1) is 22.4. The molecule has 0 radical (unpaired) electrons. The number of primary sulfonamides is 1. The van der Waals surface area contributed by atoms with Crippen LogP contribution in [0.3, 0.4) is 0 Å². The van der Waals surface area contributed by atoms with Crippen molar-refractivity contribution in [2.75, 3.05) is 12.4 Å². The van der Waals surface area contributed by atoms with Crippen molar-refractivity contribution in [2.45, 2.75) is 17.9 Å². The van der Waals surface area contributed by atoms with E-state index in [0.717, 1.165) is 11.6 Å². The lowest BCUT2D eigenvalue weighted by Gasteiger charge is -2.14. The molecule has 0 saturated heterocycles. The first-order chi connectivity index (χ1) is 14.7. The van der Waals surface area contributed by atoms with Crippen LogP contribution in [-0.4, -0.2) is 38.5 Å². The first-order valence-corrected chi connectivity index (χ1v) is 11.4. The number of nitrogens with one attached hydrogen (secondary N) is 1. The van der Waals surface area contributed by atoms with Crippen LogP contribution in [-0.2, 0) is 19.6 Å². The van der Waals surface area contributed by atoms with Crippen LogP contribution in [0, 0.1) is 0 Å². The topological polar surface area (TPSA) is 138 Å². The van der Waals surface area contributed by atoms with Crippen LogP contribution in [0.4, 0.5) is 5.13 Å². The van der Waals surface area contributed by atoms with Crippen LogP contribution in [0.1, 0.15) is 17.3 Å². The minimum Gasteiger partial charge on any atom is -0.496 e. The summed E-state index contributed by atoms with van der Waals surface area (Å²) in [7, 11) is -2.73. The van der Waals surface area contributed by atoms with Crippen LogP contribution in [0.5, 0.6) is 5.75 Å². The number of carbonyl (C=O) groups excluding carboxylic acids is 2. The molecule has 1 unspecified atom stereocenters. The highest BCUT2D eigenvalue weighted by Crippen LogP contribution is 2.26. The van der Waals surface area contributed by atoms with Gasteiger partial charge in [0.1, 0.15) is 11.3 Å². The number of aromatic nitrogens is 1. The molecule has 2 aromatic carbocycles. The molecule has 1 atom stereocenters. The smallest absolute Gasteiger partial charge is 0.342 e. The van der Waals surface area contributed by atoms with Gasteiger partial charge in [0.2, 0.25) is 10.0 Å². The van der Waals surface area contributed by atoms with Crippen molar-refractivity contribution in [3.05, 3.63) is 59.5 Å². The van der Waals surface area contributed by atoms with Gasteiger partial charge < -0.3 is 9.47 Å². The summed E-state index contributed by atoms with van der Waals surface area (Å²) < 4.78 is 33.4. The average Bonchev–Trinajstić information content (AvgIpc) is 3.21. The Labute approximate surface area is 182 Å². The number of thiazole rings is 1. The molecular formula is C20H19N3O6S2. The molecule has 3 aromatic rings. The summed E-state index contributed by atoms with van der Waals surface area (Å²) in [6, 6.07) is 13.0. The molecule has 1 heterocycles. The molecule has 162 valence electrons. The second-order valence-electron chi connectivity index (χ2n) is 6.35. The molecule has 0 aliphatic carbocycles. The van der Waals surface area contributed by atoms with E-state index in [-0.39, 0.29) is 16.2 Å². The molecule has 0 bridgehead atoms. The largest absolute Gasteiger partial charge is 0.496 e. The van der Waals surface area contributed by atoms with E-state index in [9.17, 15) is 18.0 Å². The minimum absolute atomic E-state index is 0.0810. The fourth-order valence-electron chi connectivity index (χ4n) is 2.58. The van der Waals surface area contributed by atoms with E-state index >= 15 is 0 Å². The second kappa shape index (κ2) is 9.25. The van der Waals surface area contributed by atoms with Crippen molar-refractivity contribution in [1.82, 2.24) is 4.98 Å². The number of methoxy groups -OCH3 is 1. The molecular weight excluding hydrogens is 442 g/mol. The fraction of sp³-hybridized carbons (Fsp3) is 0.150. The van der Waals surface area contributed by atoms with Gasteiger partial charge in [0, 0.05) is 10.9 Å². The van der Waals surface area contributed by atoms with Gasteiger partial charge in [-0.3, -0.25) is 10.1 Å². The van der Waals surface area contributed by atoms with Crippen molar-refractivity contribution in [2.24, 2.45) is 5.14 Å². The lowest BCUT2D eigenvalue weighted by Crippen LogP contribution is -2.30. The Morgan fingerprint density at radius 1 is 1.16 bits per heavy atom. The third-order valence-corrected chi connectivity index (χ3v) is 5.85. The number of rotatable bonds is 7. The lowest BCUT2D eigenvalue weighted by molar-refractivity contribution is -0.123. The third-order valence-electron chi connectivity index (χ3n) is 4.18. The SMILES string of the molecule is COc1ccc(S(N)(=O)=O)cc1C(=O)OC(C)C(=O)Nc1nc(-c2ccccc2)cs1. The zero-order valence-electron chi connectivity index (χ0n) is 16.6. The van der Waals surface area contributed by atoms with Gasteiger partial charge in [-0.1, -0.05) is 30.3 Å². The normalized spacial score (nSPS) is 12.1. The highest BCUT2D eigenvalue weighted by Gasteiger charge is 2.24. The summed E-state index contributed by atoms with van der Waals surface area (Å²) >= 11 is 1.23. The quantitative estimate of drug-likeness (QED) is 0.516. The number of amides is 1. The molecule has 31 heavy (non-hydrogen) atoms. The van der Waals surface area contributed by atoms with Gasteiger partial charge in [0.25, 0.3) is 5.91 Å². The van der Waals surface area contributed by atoms with Gasteiger partial charge in [-0.25, -0.2) is 23.3 Å². The van der Waals surface area contributed by atoms with Crippen molar-refractivity contribution < 1.29 is 27.5 Å². The molecule has 0 aliphatic heterocycles. The monoisotopic (exact) mass is 461 g/mol. The highest BCUT2D eigenvalue weighted by atomic mass is 32.2. The Morgan fingerprint density at radius 2 is 1.87 bits per heavy atom. The minimum atomic E-state index is -4.04.